The van der Waals surface area contributed by atoms with Crippen molar-refractivity contribution in [2.24, 2.45) is 4.99 Å². The second-order valence-electron chi connectivity index (χ2n) is 1.64. The number of halogens is 1. The molecule has 0 fully saturated rings. The molecule has 0 radical (unpaired) electrons. The number of nitrogens with zero attached hydrogens (tertiary/aromatic N) is 2. The molecular weight excluding hydrogens is 112 g/mol. The highest BCUT2D eigenvalue weighted by Crippen LogP contribution is 2.03. The first-order valence-electron chi connectivity index (χ1n) is 2.16. The Morgan fingerprint density at radius 2 is 2.71 bits per heavy atom. The minimum Gasteiger partial charge on any atom is -0.363 e. The van der Waals surface area contributed by atoms with Crippen molar-refractivity contribution in [1.29, 1.82) is 0 Å². The number of hydrogen-bond acceptors (Lipinski definition) is 2. The van der Waals surface area contributed by atoms with Gasteiger partial charge in [0.1, 0.15) is 5.50 Å². The molecule has 1 unspecified atom stereocenters. The Morgan fingerprint density at radius 1 is 2.00 bits per heavy atom. The molecule has 0 aliphatic carbocycles. The molecule has 0 bridgehead atoms. The van der Waals surface area contributed by atoms with Gasteiger partial charge in [0.25, 0.3) is 0 Å². The van der Waals surface area contributed by atoms with E-state index in [1.807, 2.05) is 11.9 Å². The van der Waals surface area contributed by atoms with E-state index in [0.29, 0.717) is 0 Å². The van der Waals surface area contributed by atoms with Gasteiger partial charge in [0.2, 0.25) is 0 Å². The van der Waals surface area contributed by atoms with Crippen LogP contribution in [-0.2, 0) is 0 Å². The van der Waals surface area contributed by atoms with Gasteiger partial charge in [0, 0.05) is 7.05 Å². The number of likely N-dealkylation sites (N-methyl/N-ethyl adjacent to an activating group) is 1. The summed E-state index contributed by atoms with van der Waals surface area (Å²) in [5, 5.41) is 0. The number of aliphatic imine (C=N–C) groups is 1. The lowest BCUT2D eigenvalue weighted by molar-refractivity contribution is 0.554. The molecular formula is C4H7ClN2. The largest absolute Gasteiger partial charge is 0.363 e. The van der Waals surface area contributed by atoms with Gasteiger partial charge < -0.3 is 4.90 Å². The van der Waals surface area contributed by atoms with Gasteiger partial charge in [-0.1, -0.05) is 11.6 Å². The van der Waals surface area contributed by atoms with Crippen LogP contribution in [0.25, 0.3) is 0 Å². The third kappa shape index (κ3) is 1.06. The lowest BCUT2D eigenvalue weighted by Gasteiger charge is -2.02. The van der Waals surface area contributed by atoms with E-state index in [2.05, 4.69) is 4.99 Å². The zero-order chi connectivity index (χ0) is 5.28. The van der Waals surface area contributed by atoms with Crippen molar-refractivity contribution < 1.29 is 0 Å². The number of hydrogen-bond donors (Lipinski definition) is 0. The minimum atomic E-state index is -0.00926. The van der Waals surface area contributed by atoms with Gasteiger partial charge in [-0.3, -0.25) is 4.99 Å². The normalized spacial score (nSPS) is 29.4. The van der Waals surface area contributed by atoms with Crippen LogP contribution in [0.15, 0.2) is 4.99 Å². The van der Waals surface area contributed by atoms with Crippen LogP contribution in [0.5, 0.6) is 0 Å². The SMILES string of the molecule is CN1C=NC(Cl)C1. The highest BCUT2D eigenvalue weighted by Gasteiger charge is 2.08. The zero-order valence-electron chi connectivity index (χ0n) is 4.13. The highest BCUT2D eigenvalue weighted by molar-refractivity contribution is 6.21. The third-order valence-corrected chi connectivity index (χ3v) is 1.11. The lowest BCUT2D eigenvalue weighted by atomic mass is 10.6. The molecule has 1 aliphatic heterocycles. The Bertz CT molecular complexity index is 81.7. The Kier molecular flexibility index (Phi) is 1.19. The molecule has 0 aromatic carbocycles. The number of rotatable bonds is 0. The molecule has 0 spiro atoms. The molecule has 1 rings (SSSR count). The van der Waals surface area contributed by atoms with E-state index in [9.17, 15) is 0 Å². The van der Waals surface area contributed by atoms with E-state index in [1.165, 1.54) is 0 Å². The van der Waals surface area contributed by atoms with Gasteiger partial charge in [0.15, 0.2) is 0 Å². The second kappa shape index (κ2) is 1.70. The van der Waals surface area contributed by atoms with Crippen LogP contribution in [0, 0.1) is 0 Å². The van der Waals surface area contributed by atoms with Gasteiger partial charge in [-0.05, 0) is 0 Å². The standard InChI is InChI=1S/C4H7ClN2/c1-7-2-4(5)6-3-7/h3-4H,2H2,1H3. The first kappa shape index (κ1) is 4.91. The van der Waals surface area contributed by atoms with Crippen molar-refractivity contribution in [3.05, 3.63) is 0 Å². The van der Waals surface area contributed by atoms with Crippen molar-refractivity contribution >= 4 is 17.9 Å². The molecule has 1 atom stereocenters. The van der Waals surface area contributed by atoms with Gasteiger partial charge in [0.05, 0.1) is 12.9 Å². The fourth-order valence-corrected chi connectivity index (χ4v) is 0.786. The van der Waals surface area contributed by atoms with Crippen LogP contribution in [0.3, 0.4) is 0 Å². The van der Waals surface area contributed by atoms with E-state index in [0.717, 1.165) is 6.54 Å². The molecule has 0 amide bonds. The molecule has 7 heavy (non-hydrogen) atoms. The summed E-state index contributed by atoms with van der Waals surface area (Å²) in [6, 6.07) is 0. The Balaban J connectivity index is 2.42. The molecule has 0 aromatic heterocycles. The van der Waals surface area contributed by atoms with Crippen molar-refractivity contribution in [2.75, 3.05) is 13.6 Å². The molecule has 0 saturated carbocycles. The predicted octanol–water partition coefficient (Wildman–Crippen LogP) is 0.525. The van der Waals surface area contributed by atoms with Gasteiger partial charge in [-0.2, -0.15) is 0 Å². The quantitative estimate of drug-likeness (QED) is 0.335. The van der Waals surface area contributed by atoms with Crippen LogP contribution >= 0.6 is 11.6 Å². The summed E-state index contributed by atoms with van der Waals surface area (Å²) in [6.07, 6.45) is 1.75. The fourth-order valence-electron chi connectivity index (χ4n) is 0.518. The van der Waals surface area contributed by atoms with Crippen molar-refractivity contribution in [3.63, 3.8) is 0 Å². The molecule has 2 nitrogen and oxygen atoms in total. The molecule has 0 saturated heterocycles. The monoisotopic (exact) mass is 118 g/mol. The minimum absolute atomic E-state index is 0.00926. The van der Waals surface area contributed by atoms with E-state index in [1.54, 1.807) is 6.34 Å². The van der Waals surface area contributed by atoms with E-state index >= 15 is 0 Å². The maximum Gasteiger partial charge on any atom is 0.142 e. The third-order valence-electron chi connectivity index (χ3n) is 0.864. The molecule has 1 aliphatic rings. The first-order chi connectivity index (χ1) is 3.29. The van der Waals surface area contributed by atoms with Crippen LogP contribution in [0.2, 0.25) is 0 Å². The second-order valence-corrected chi connectivity index (χ2v) is 2.14. The molecule has 0 aromatic rings. The van der Waals surface area contributed by atoms with Crippen LogP contribution < -0.4 is 0 Å². The fraction of sp³-hybridized carbons (Fsp3) is 0.750. The van der Waals surface area contributed by atoms with E-state index in [-0.39, 0.29) is 5.50 Å². The van der Waals surface area contributed by atoms with Crippen molar-refractivity contribution in [3.8, 4) is 0 Å². The Labute approximate surface area is 47.8 Å². The molecule has 0 N–H and O–H groups in total. The van der Waals surface area contributed by atoms with Gasteiger partial charge >= 0.3 is 0 Å². The maximum absolute atomic E-state index is 5.57. The smallest absolute Gasteiger partial charge is 0.142 e. The predicted molar refractivity (Wildman–Crippen MR) is 30.8 cm³/mol. The Hall–Kier alpha value is -0.240. The summed E-state index contributed by atoms with van der Waals surface area (Å²) in [5.41, 5.74) is -0.00926. The van der Waals surface area contributed by atoms with Crippen LogP contribution in [0.1, 0.15) is 0 Å². The lowest BCUT2D eigenvalue weighted by Crippen LogP contribution is -2.14. The Morgan fingerprint density at radius 3 is 2.86 bits per heavy atom. The first-order valence-corrected chi connectivity index (χ1v) is 2.60. The number of alkyl halides is 1. The van der Waals surface area contributed by atoms with E-state index in [4.69, 9.17) is 11.6 Å². The topological polar surface area (TPSA) is 15.6 Å². The highest BCUT2D eigenvalue weighted by atomic mass is 35.5. The van der Waals surface area contributed by atoms with Crippen molar-refractivity contribution in [1.82, 2.24) is 4.90 Å². The summed E-state index contributed by atoms with van der Waals surface area (Å²) in [5.74, 6) is 0. The molecule has 3 heteroatoms. The van der Waals surface area contributed by atoms with Crippen molar-refractivity contribution in [2.45, 2.75) is 5.50 Å². The van der Waals surface area contributed by atoms with E-state index < -0.39 is 0 Å². The zero-order valence-corrected chi connectivity index (χ0v) is 4.89. The summed E-state index contributed by atoms with van der Waals surface area (Å²) < 4.78 is 0. The molecule has 1 heterocycles. The summed E-state index contributed by atoms with van der Waals surface area (Å²) in [6.45, 7) is 0.849. The van der Waals surface area contributed by atoms with Gasteiger partial charge in [-0.15, -0.1) is 0 Å². The average molecular weight is 119 g/mol. The average Bonchev–Trinajstić information content (AvgIpc) is 1.87. The summed E-state index contributed by atoms with van der Waals surface area (Å²) in [7, 11) is 1.95. The molecule has 40 valence electrons. The summed E-state index contributed by atoms with van der Waals surface area (Å²) in [4.78, 5) is 5.84. The summed E-state index contributed by atoms with van der Waals surface area (Å²) >= 11 is 5.57. The van der Waals surface area contributed by atoms with Crippen LogP contribution in [-0.4, -0.2) is 30.3 Å². The maximum atomic E-state index is 5.57. The van der Waals surface area contributed by atoms with Gasteiger partial charge in [-0.25, -0.2) is 0 Å². The van der Waals surface area contributed by atoms with Crippen LogP contribution in [0.4, 0.5) is 0 Å².